The summed E-state index contributed by atoms with van der Waals surface area (Å²) >= 11 is 0. The predicted octanol–water partition coefficient (Wildman–Crippen LogP) is 0.391. The molecule has 2 radical (unpaired) electrons. The monoisotopic (exact) mass is 192 g/mol. The van der Waals surface area contributed by atoms with Crippen molar-refractivity contribution in [3.63, 3.8) is 0 Å². The number of halogens is 2. The smallest absolute Gasteiger partial charge is 0.0104 e. The van der Waals surface area contributed by atoms with Gasteiger partial charge in [0.2, 0.25) is 0 Å². The van der Waals surface area contributed by atoms with Crippen LogP contribution in [-0.2, 0) is 5.15 Å². The van der Waals surface area contributed by atoms with Gasteiger partial charge in [-0.1, -0.05) is 0 Å². The van der Waals surface area contributed by atoms with Gasteiger partial charge in [0.25, 0.3) is 0 Å². The fourth-order valence-electron chi connectivity index (χ4n) is 0. The van der Waals surface area contributed by atoms with Crippen molar-refractivity contribution in [2.75, 3.05) is 0 Å². The third kappa shape index (κ3) is 10.0. The second-order valence-corrected chi connectivity index (χ2v) is 0.0583. The molecule has 0 saturated carbocycles. The van der Waals surface area contributed by atoms with Crippen molar-refractivity contribution in [2.24, 2.45) is 0 Å². The second kappa shape index (κ2) is 8.83. The van der Waals surface area contributed by atoms with Crippen LogP contribution < -0.4 is 0 Å². The van der Waals surface area contributed by atoms with Crippen molar-refractivity contribution < 1.29 is 14.2 Å². The van der Waals surface area contributed by atoms with E-state index in [9.17, 15) is 0 Å². The van der Waals surface area contributed by atoms with Gasteiger partial charge in [-0.2, -0.15) is 0 Å². The summed E-state index contributed by atoms with van der Waals surface area (Å²) in [5.41, 5.74) is 0. The molecule has 0 spiro atoms. The molecule has 0 aromatic heterocycles. The minimum absolute atomic E-state index is 0. The fraction of sp³-hybridized carbons (Fsp3) is 0. The molecule has 0 saturated heterocycles. The summed E-state index contributed by atoms with van der Waals surface area (Å²) in [4.78, 5) is 0. The molecule has 4 heavy (non-hydrogen) atoms. The Morgan fingerprint density at radius 1 is 1.25 bits per heavy atom. The van der Waals surface area contributed by atoms with E-state index >= 15 is 0 Å². The first-order chi connectivity index (χ1) is 1.41. The van der Waals surface area contributed by atoms with Crippen molar-refractivity contribution in [3.8, 4) is 0 Å². The van der Waals surface area contributed by atoms with E-state index < -0.39 is 0 Å². The van der Waals surface area contributed by atoms with Crippen LogP contribution >= 0.6 is 0 Å². The predicted molar refractivity (Wildman–Crippen MR) is 9.05 cm³/mol. The molecule has 4 heteroatoms. The van der Waals surface area contributed by atoms with Crippen LogP contribution in [0.25, 0.3) is 0 Å². The molecular formula is BaF2O. The van der Waals surface area contributed by atoms with Crippen LogP contribution in [0.2, 0.25) is 0 Å². The first-order valence-electron chi connectivity index (χ1n) is 0.309. The molecular weight excluding hydrogens is 191 g/mol. The first-order valence-corrected chi connectivity index (χ1v) is 0.309. The minimum atomic E-state index is 0. The third-order valence-electron chi connectivity index (χ3n) is 0. The molecule has 0 aromatic rings. The van der Waals surface area contributed by atoms with Gasteiger partial charge in [0.05, 0.1) is 0 Å². The van der Waals surface area contributed by atoms with Crippen LogP contribution in [0, 0.1) is 0 Å². The van der Waals surface area contributed by atoms with E-state index in [0.717, 1.165) is 0 Å². The molecule has 0 atom stereocenters. The van der Waals surface area contributed by atoms with Crippen LogP contribution in [0.5, 0.6) is 0 Å². The van der Waals surface area contributed by atoms with E-state index in [4.69, 9.17) is 9.05 Å². The number of hydrogen-bond acceptors (Lipinski definition) is 1. The summed E-state index contributed by atoms with van der Waals surface area (Å²) in [6.07, 6.45) is 0. The molecule has 0 rings (SSSR count). The molecule has 0 heterocycles. The minimum Gasteiger partial charge on any atom is -0.0104 e. The summed E-state index contributed by atoms with van der Waals surface area (Å²) in [6.45, 7) is 0. The molecule has 0 bridgehead atoms. The Hall–Kier alpha value is 1.39. The molecule has 1 nitrogen and oxygen atoms in total. The van der Waals surface area contributed by atoms with Crippen LogP contribution in [0.15, 0.2) is 0 Å². The molecule has 0 fully saturated rings. The molecule has 0 aromatic carbocycles. The molecule has 0 amide bonds. The van der Waals surface area contributed by atoms with E-state index in [0.29, 0.717) is 0 Å². The number of rotatable bonds is 0. The van der Waals surface area contributed by atoms with Crippen LogP contribution in [0.4, 0.5) is 9.05 Å². The average Bonchev–Trinajstić information content (AvgIpc) is 0.918. The number of hydrogen-bond donors (Lipinski definition) is 0. The third-order valence-corrected chi connectivity index (χ3v) is 0. The Kier molecular flexibility index (Phi) is 20.0. The van der Waals surface area contributed by atoms with Crippen molar-refractivity contribution in [2.45, 2.75) is 0 Å². The van der Waals surface area contributed by atoms with Gasteiger partial charge in [-0.3, -0.25) is 0 Å². The topological polar surface area (TPSA) is 9.23 Å². The quantitative estimate of drug-likeness (QED) is 0.503. The Balaban J connectivity index is 0. The SMILES string of the molecule is FOF.[Ba]. The molecule has 0 aliphatic heterocycles. The van der Waals surface area contributed by atoms with Crippen molar-refractivity contribution in [3.05, 3.63) is 0 Å². The summed E-state index contributed by atoms with van der Waals surface area (Å²) in [5.74, 6) is 0. The Morgan fingerprint density at radius 3 is 1.25 bits per heavy atom. The maximum atomic E-state index is 9.12. The van der Waals surface area contributed by atoms with Gasteiger partial charge in [-0.25, -0.2) is 0 Å². The van der Waals surface area contributed by atoms with E-state index in [-0.39, 0.29) is 48.9 Å². The largest absolute Gasteiger partial charge is 0.0209 e. The van der Waals surface area contributed by atoms with Gasteiger partial charge < -0.3 is 0 Å². The van der Waals surface area contributed by atoms with Gasteiger partial charge in [0, 0.05) is 54.0 Å². The van der Waals surface area contributed by atoms with E-state index in [1.165, 1.54) is 5.15 Å². The Bertz CT molecular complexity index is 6.00. The van der Waals surface area contributed by atoms with Crippen LogP contribution in [0.3, 0.4) is 0 Å². The standard InChI is InChI=1S/Ba.F2O/c;1-3-2. The molecule has 0 aliphatic rings. The van der Waals surface area contributed by atoms with Crippen LogP contribution in [-0.4, -0.2) is 48.9 Å². The van der Waals surface area contributed by atoms with Gasteiger partial charge >= 0.3 is 0 Å². The van der Waals surface area contributed by atoms with Crippen molar-refractivity contribution in [1.29, 1.82) is 0 Å². The Labute approximate surface area is 62.2 Å². The van der Waals surface area contributed by atoms with Gasteiger partial charge in [-0.05, 0) is 9.05 Å². The summed E-state index contributed by atoms with van der Waals surface area (Å²) in [5, 5.41) is 1.25. The van der Waals surface area contributed by atoms with Gasteiger partial charge in [0.15, 0.2) is 0 Å². The van der Waals surface area contributed by atoms with Crippen molar-refractivity contribution >= 4 is 48.9 Å². The molecule has 22 valence electrons. The molecule has 0 unspecified atom stereocenters. The van der Waals surface area contributed by atoms with Gasteiger partial charge in [-0.15, -0.1) is 0 Å². The zero-order valence-corrected chi connectivity index (χ0v) is 6.31. The maximum absolute atomic E-state index is 9.12. The fourth-order valence-corrected chi connectivity index (χ4v) is 0. The normalized spacial score (nSPS) is 4.50. The van der Waals surface area contributed by atoms with Crippen LogP contribution in [0.1, 0.15) is 0 Å². The first kappa shape index (κ1) is 9.04. The average molecular weight is 191 g/mol. The van der Waals surface area contributed by atoms with E-state index in [2.05, 4.69) is 0 Å². The zero-order chi connectivity index (χ0) is 2.71. The Morgan fingerprint density at radius 2 is 1.25 bits per heavy atom. The van der Waals surface area contributed by atoms with Crippen molar-refractivity contribution in [1.82, 2.24) is 0 Å². The van der Waals surface area contributed by atoms with E-state index in [1.54, 1.807) is 0 Å². The molecule has 0 aliphatic carbocycles. The van der Waals surface area contributed by atoms with E-state index in [1.807, 2.05) is 0 Å². The summed E-state index contributed by atoms with van der Waals surface area (Å²) < 4.78 is 18.2. The summed E-state index contributed by atoms with van der Waals surface area (Å²) in [6, 6.07) is 0. The zero-order valence-electron chi connectivity index (χ0n) is 1.87. The second-order valence-electron chi connectivity index (χ2n) is 0.0583. The molecule has 0 N–H and O–H groups in total. The maximum Gasteiger partial charge on any atom is 0.0209 e. The summed E-state index contributed by atoms with van der Waals surface area (Å²) in [7, 11) is 0. The van der Waals surface area contributed by atoms with Gasteiger partial charge in [0.1, 0.15) is 0 Å².